The molecular formula is C13H19N5O. The van der Waals surface area contributed by atoms with Crippen LogP contribution in [0.15, 0.2) is 29.1 Å². The highest BCUT2D eigenvalue weighted by molar-refractivity contribution is 5.52. The number of nitrogens with zero attached hydrogens (tertiary/aromatic N) is 3. The molecule has 2 aromatic heterocycles. The number of rotatable bonds is 6. The van der Waals surface area contributed by atoms with Crippen molar-refractivity contribution in [3.63, 3.8) is 0 Å². The first-order valence-electron chi connectivity index (χ1n) is 6.29. The van der Waals surface area contributed by atoms with E-state index in [-0.39, 0.29) is 5.95 Å². The number of anilines is 3. The minimum absolute atomic E-state index is 0.273. The summed E-state index contributed by atoms with van der Waals surface area (Å²) in [7, 11) is 1.96. The molecule has 0 saturated heterocycles. The Hall–Kier alpha value is -2.24. The molecule has 0 saturated carbocycles. The van der Waals surface area contributed by atoms with Crippen molar-refractivity contribution in [1.82, 2.24) is 9.97 Å². The van der Waals surface area contributed by atoms with Gasteiger partial charge in [-0.3, -0.25) is 0 Å². The molecule has 0 aliphatic rings. The highest BCUT2D eigenvalue weighted by atomic mass is 16.3. The number of hydrogen-bond donors (Lipinski definition) is 2. The van der Waals surface area contributed by atoms with E-state index in [0.29, 0.717) is 6.54 Å². The summed E-state index contributed by atoms with van der Waals surface area (Å²) in [6, 6.07) is 3.82. The van der Waals surface area contributed by atoms with Crippen molar-refractivity contribution in [2.24, 2.45) is 0 Å². The van der Waals surface area contributed by atoms with E-state index < -0.39 is 0 Å². The lowest BCUT2D eigenvalue weighted by Crippen LogP contribution is -2.19. The van der Waals surface area contributed by atoms with Gasteiger partial charge in [0.2, 0.25) is 5.95 Å². The Morgan fingerprint density at radius 1 is 1.42 bits per heavy atom. The van der Waals surface area contributed by atoms with Gasteiger partial charge < -0.3 is 20.4 Å². The number of hydrogen-bond acceptors (Lipinski definition) is 6. The van der Waals surface area contributed by atoms with Gasteiger partial charge in [-0.1, -0.05) is 6.92 Å². The molecular weight excluding hydrogens is 242 g/mol. The Morgan fingerprint density at radius 3 is 2.95 bits per heavy atom. The molecule has 2 heterocycles. The largest absolute Gasteiger partial charge is 0.472 e. The van der Waals surface area contributed by atoms with Gasteiger partial charge in [-0.15, -0.1) is 0 Å². The van der Waals surface area contributed by atoms with E-state index in [1.807, 2.05) is 24.1 Å². The molecule has 0 atom stereocenters. The molecule has 6 heteroatoms. The molecule has 0 aliphatic carbocycles. The van der Waals surface area contributed by atoms with Crippen LogP contribution in [0.5, 0.6) is 0 Å². The smallest absolute Gasteiger partial charge is 0.223 e. The van der Waals surface area contributed by atoms with Crippen LogP contribution in [-0.4, -0.2) is 23.6 Å². The number of nitrogen functional groups attached to an aromatic ring is 1. The molecule has 0 radical (unpaired) electrons. The molecule has 0 aromatic carbocycles. The fourth-order valence-electron chi connectivity index (χ4n) is 1.73. The van der Waals surface area contributed by atoms with E-state index in [0.717, 1.165) is 30.2 Å². The summed E-state index contributed by atoms with van der Waals surface area (Å²) in [5.41, 5.74) is 6.82. The van der Waals surface area contributed by atoms with Crippen LogP contribution in [0.1, 0.15) is 18.9 Å². The number of furan rings is 1. The van der Waals surface area contributed by atoms with Crippen LogP contribution in [0, 0.1) is 0 Å². The van der Waals surface area contributed by atoms with Crippen LogP contribution in [-0.2, 0) is 6.54 Å². The zero-order chi connectivity index (χ0) is 13.7. The van der Waals surface area contributed by atoms with Crippen LogP contribution in [0.3, 0.4) is 0 Å². The molecule has 6 nitrogen and oxygen atoms in total. The van der Waals surface area contributed by atoms with Crippen molar-refractivity contribution in [2.45, 2.75) is 19.9 Å². The zero-order valence-corrected chi connectivity index (χ0v) is 11.3. The molecule has 19 heavy (non-hydrogen) atoms. The maximum absolute atomic E-state index is 5.73. The van der Waals surface area contributed by atoms with Gasteiger partial charge in [-0.05, 0) is 12.5 Å². The molecule has 102 valence electrons. The van der Waals surface area contributed by atoms with Gasteiger partial charge in [0.15, 0.2) is 0 Å². The van der Waals surface area contributed by atoms with Gasteiger partial charge in [0, 0.05) is 31.8 Å². The molecule has 0 bridgehead atoms. The summed E-state index contributed by atoms with van der Waals surface area (Å²) >= 11 is 0. The zero-order valence-electron chi connectivity index (χ0n) is 11.3. The van der Waals surface area contributed by atoms with E-state index in [9.17, 15) is 0 Å². The molecule has 0 amide bonds. The van der Waals surface area contributed by atoms with Crippen molar-refractivity contribution in [3.05, 3.63) is 30.2 Å². The second-order valence-corrected chi connectivity index (χ2v) is 4.38. The summed E-state index contributed by atoms with van der Waals surface area (Å²) in [6.45, 7) is 3.67. The predicted molar refractivity (Wildman–Crippen MR) is 76.0 cm³/mol. The van der Waals surface area contributed by atoms with Crippen LogP contribution in [0.25, 0.3) is 0 Å². The quantitative estimate of drug-likeness (QED) is 0.829. The van der Waals surface area contributed by atoms with Gasteiger partial charge in [-0.2, -0.15) is 9.97 Å². The average Bonchev–Trinajstić information content (AvgIpc) is 2.88. The molecule has 0 aliphatic heterocycles. The minimum atomic E-state index is 0.273. The molecule has 3 N–H and O–H groups in total. The lowest BCUT2D eigenvalue weighted by atomic mass is 10.3. The topological polar surface area (TPSA) is 80.2 Å². The van der Waals surface area contributed by atoms with E-state index >= 15 is 0 Å². The first-order chi connectivity index (χ1) is 9.19. The summed E-state index contributed by atoms with van der Waals surface area (Å²) in [6.07, 6.45) is 4.41. The fourth-order valence-corrected chi connectivity index (χ4v) is 1.73. The third-order valence-corrected chi connectivity index (χ3v) is 2.68. The van der Waals surface area contributed by atoms with E-state index in [2.05, 4.69) is 22.2 Å². The first kappa shape index (κ1) is 13.2. The SMILES string of the molecule is CCCNc1cc(N(C)Cc2ccoc2)nc(N)n1. The highest BCUT2D eigenvalue weighted by Gasteiger charge is 2.08. The number of aromatic nitrogens is 2. The number of nitrogens with one attached hydrogen (secondary N) is 1. The highest BCUT2D eigenvalue weighted by Crippen LogP contribution is 2.18. The van der Waals surface area contributed by atoms with Gasteiger partial charge in [-0.25, -0.2) is 0 Å². The van der Waals surface area contributed by atoms with Crippen molar-refractivity contribution < 1.29 is 4.42 Å². The summed E-state index contributed by atoms with van der Waals surface area (Å²) in [5, 5.41) is 3.21. The lowest BCUT2D eigenvalue weighted by molar-refractivity contribution is 0.563. The summed E-state index contributed by atoms with van der Waals surface area (Å²) in [4.78, 5) is 10.4. The van der Waals surface area contributed by atoms with Crippen LogP contribution in [0.2, 0.25) is 0 Å². The van der Waals surface area contributed by atoms with E-state index in [1.54, 1.807) is 12.5 Å². The van der Waals surface area contributed by atoms with Crippen LogP contribution >= 0.6 is 0 Å². The Balaban J connectivity index is 2.11. The van der Waals surface area contributed by atoms with Crippen molar-refractivity contribution in [1.29, 1.82) is 0 Å². The monoisotopic (exact) mass is 261 g/mol. The van der Waals surface area contributed by atoms with Gasteiger partial charge >= 0.3 is 0 Å². The van der Waals surface area contributed by atoms with Crippen LogP contribution < -0.4 is 16.0 Å². The number of nitrogens with two attached hydrogens (primary N) is 1. The third-order valence-electron chi connectivity index (χ3n) is 2.68. The second kappa shape index (κ2) is 6.08. The molecule has 2 rings (SSSR count). The van der Waals surface area contributed by atoms with Crippen molar-refractivity contribution >= 4 is 17.6 Å². The van der Waals surface area contributed by atoms with Crippen molar-refractivity contribution in [2.75, 3.05) is 29.5 Å². The van der Waals surface area contributed by atoms with Gasteiger partial charge in [0.05, 0.1) is 12.5 Å². The first-order valence-corrected chi connectivity index (χ1v) is 6.29. The Morgan fingerprint density at radius 2 is 2.26 bits per heavy atom. The summed E-state index contributed by atoms with van der Waals surface area (Å²) < 4.78 is 5.06. The normalized spacial score (nSPS) is 10.4. The minimum Gasteiger partial charge on any atom is -0.472 e. The lowest BCUT2D eigenvalue weighted by Gasteiger charge is -2.18. The standard InChI is InChI=1S/C13H19N5O/c1-3-5-15-11-7-12(17-13(14)16-11)18(2)8-10-4-6-19-9-10/h4,6-7,9H,3,5,8H2,1-2H3,(H3,14,15,16,17). The average molecular weight is 261 g/mol. The Labute approximate surface area is 112 Å². The molecule has 2 aromatic rings. The Kier molecular flexibility index (Phi) is 4.22. The van der Waals surface area contributed by atoms with Gasteiger partial charge in [0.1, 0.15) is 11.6 Å². The maximum atomic E-state index is 5.73. The van der Waals surface area contributed by atoms with Crippen LogP contribution in [0.4, 0.5) is 17.6 Å². The third kappa shape index (κ3) is 3.61. The van der Waals surface area contributed by atoms with Gasteiger partial charge in [0.25, 0.3) is 0 Å². The molecule has 0 spiro atoms. The molecule has 0 unspecified atom stereocenters. The summed E-state index contributed by atoms with van der Waals surface area (Å²) in [5.74, 6) is 1.81. The maximum Gasteiger partial charge on any atom is 0.223 e. The fraction of sp³-hybridized carbons (Fsp3) is 0.385. The second-order valence-electron chi connectivity index (χ2n) is 4.38. The Bertz CT molecular complexity index is 512. The van der Waals surface area contributed by atoms with E-state index in [4.69, 9.17) is 10.2 Å². The van der Waals surface area contributed by atoms with E-state index in [1.165, 1.54) is 0 Å². The van der Waals surface area contributed by atoms with Crippen molar-refractivity contribution in [3.8, 4) is 0 Å². The molecule has 0 fully saturated rings. The predicted octanol–water partition coefficient (Wildman–Crippen LogP) is 2.11.